The molecule has 13 nitrogen and oxygen atoms in total. The Bertz CT molecular complexity index is 910. The van der Waals surface area contributed by atoms with E-state index in [1.807, 2.05) is 0 Å². The molecule has 0 saturated carbocycles. The summed E-state index contributed by atoms with van der Waals surface area (Å²) in [5.41, 5.74) is 12.0. The van der Waals surface area contributed by atoms with Crippen molar-refractivity contribution in [2.45, 2.75) is 45.1 Å². The summed E-state index contributed by atoms with van der Waals surface area (Å²) in [5.74, 6) is -3.14. The first kappa shape index (κ1) is 32.3. The van der Waals surface area contributed by atoms with Crippen LogP contribution in [0.15, 0.2) is 24.3 Å². The van der Waals surface area contributed by atoms with Gasteiger partial charge in [-0.1, -0.05) is 6.92 Å². The Balaban J connectivity index is 2.09. The van der Waals surface area contributed by atoms with Gasteiger partial charge in [0.05, 0.1) is 25.7 Å². The lowest BCUT2D eigenvalue weighted by Gasteiger charge is -2.15. The van der Waals surface area contributed by atoms with E-state index in [4.69, 9.17) is 26.0 Å². The van der Waals surface area contributed by atoms with E-state index < -0.39 is 29.7 Å². The van der Waals surface area contributed by atoms with Crippen LogP contribution in [-0.2, 0) is 28.7 Å². The van der Waals surface area contributed by atoms with Crippen LogP contribution < -0.4 is 27.4 Å². The highest BCUT2D eigenvalue weighted by Gasteiger charge is 2.18. The van der Waals surface area contributed by atoms with Crippen LogP contribution in [0.25, 0.3) is 0 Å². The summed E-state index contributed by atoms with van der Waals surface area (Å²) in [6.07, 6.45) is 1.86. The third-order valence-corrected chi connectivity index (χ3v) is 5.46. The predicted octanol–water partition coefficient (Wildman–Crippen LogP) is -0.211. The predicted molar refractivity (Wildman–Crippen MR) is 139 cm³/mol. The van der Waals surface area contributed by atoms with Gasteiger partial charge in [-0.15, -0.1) is 0 Å². The minimum atomic E-state index is -0.937. The van der Waals surface area contributed by atoms with Crippen molar-refractivity contribution < 1.29 is 38.6 Å². The number of hydrogen-bond donors (Lipinski definition) is 6. The van der Waals surface area contributed by atoms with Gasteiger partial charge in [-0.05, 0) is 49.9 Å². The van der Waals surface area contributed by atoms with Crippen LogP contribution in [-0.4, -0.2) is 80.3 Å². The Morgan fingerprint density at radius 3 is 2.24 bits per heavy atom. The topological polar surface area (TPSA) is 212 Å². The molecule has 0 unspecified atom stereocenters. The van der Waals surface area contributed by atoms with Gasteiger partial charge in [-0.3, -0.25) is 24.0 Å². The number of anilines is 1. The lowest BCUT2D eigenvalue weighted by molar-refractivity contribution is -0.141. The fourth-order valence-electron chi connectivity index (χ4n) is 3.14. The number of nitrogen functional groups attached to an aromatic ring is 1. The minimum Gasteiger partial charge on any atom is -0.481 e. The Morgan fingerprint density at radius 2 is 1.58 bits per heavy atom. The maximum absolute atomic E-state index is 12.1. The number of unbranched alkanes of at least 4 members (excludes halogenated alkanes) is 1. The number of rotatable bonds is 20. The molecule has 0 spiro atoms. The van der Waals surface area contributed by atoms with Gasteiger partial charge in [0, 0.05) is 30.8 Å². The van der Waals surface area contributed by atoms with Crippen molar-refractivity contribution in [3.05, 3.63) is 29.8 Å². The van der Waals surface area contributed by atoms with Gasteiger partial charge in [0.1, 0.15) is 12.6 Å². The van der Waals surface area contributed by atoms with Crippen molar-refractivity contribution in [3.63, 3.8) is 0 Å². The average Bonchev–Trinajstić information content (AvgIpc) is 2.87. The van der Waals surface area contributed by atoms with Gasteiger partial charge in [0.25, 0.3) is 5.91 Å². The molecule has 13 heteroatoms. The summed E-state index contributed by atoms with van der Waals surface area (Å²) in [6.45, 7) is 2.50. The first-order valence-corrected chi connectivity index (χ1v) is 12.5. The maximum Gasteiger partial charge on any atom is 0.306 e. The summed E-state index contributed by atoms with van der Waals surface area (Å²) < 4.78 is 10.5. The van der Waals surface area contributed by atoms with Crippen molar-refractivity contribution >= 4 is 35.3 Å². The molecule has 212 valence electrons. The quantitative estimate of drug-likeness (QED) is 0.0957. The number of carbonyl (C=O) groups excluding carboxylic acids is 4. The van der Waals surface area contributed by atoms with E-state index in [1.54, 1.807) is 31.2 Å². The molecular weight excluding hydrogens is 498 g/mol. The number of carboxylic acids is 1. The van der Waals surface area contributed by atoms with Crippen LogP contribution in [0.4, 0.5) is 5.69 Å². The number of primary amides is 1. The highest BCUT2D eigenvalue weighted by molar-refractivity contribution is 5.94. The normalized spacial score (nSPS) is 12.2. The summed E-state index contributed by atoms with van der Waals surface area (Å²) in [5, 5.41) is 16.7. The lowest BCUT2D eigenvalue weighted by atomic mass is 10.1. The van der Waals surface area contributed by atoms with E-state index in [-0.39, 0.29) is 57.6 Å². The molecule has 1 aromatic rings. The summed E-state index contributed by atoms with van der Waals surface area (Å²) in [7, 11) is 0. The molecule has 8 N–H and O–H groups in total. The molecule has 0 saturated heterocycles. The standard InChI is InChI=1S/C25H39N5O8/c1-17(25(35)36)5-10-21(31)28-12-13-37-14-15-38-16-22(32)30-20(23(27)33)4-2-3-11-29-24(34)18-6-8-19(26)9-7-18/h6-9,17,20H,2-5,10-16,26H2,1H3,(H2,27,33)(H,28,31)(H,29,34)(H,30,32)(H,35,36)/t17-,20-/m0/s1. The molecule has 1 rings (SSSR count). The number of amides is 4. The smallest absolute Gasteiger partial charge is 0.306 e. The molecule has 0 aromatic heterocycles. The number of ether oxygens (including phenoxy) is 2. The molecule has 0 aliphatic carbocycles. The number of hydrogen-bond acceptors (Lipinski definition) is 8. The highest BCUT2D eigenvalue weighted by atomic mass is 16.5. The van der Waals surface area contributed by atoms with E-state index in [9.17, 15) is 24.0 Å². The third kappa shape index (κ3) is 14.8. The van der Waals surface area contributed by atoms with Crippen molar-refractivity contribution in [2.24, 2.45) is 11.7 Å². The first-order valence-electron chi connectivity index (χ1n) is 12.5. The van der Waals surface area contributed by atoms with Gasteiger partial charge in [-0.2, -0.15) is 0 Å². The van der Waals surface area contributed by atoms with Crippen LogP contribution >= 0.6 is 0 Å². The highest BCUT2D eigenvalue weighted by Crippen LogP contribution is 2.06. The first-order chi connectivity index (χ1) is 18.1. The molecule has 4 amide bonds. The SMILES string of the molecule is C[C@@H](CCC(=O)NCCOCCOCC(=O)N[C@@H](CCCCNC(=O)c1ccc(N)cc1)C(N)=O)C(=O)O. The monoisotopic (exact) mass is 537 g/mol. The van der Waals surface area contributed by atoms with Crippen molar-refractivity contribution in [3.8, 4) is 0 Å². The Kier molecular flexibility index (Phi) is 15.8. The Morgan fingerprint density at radius 1 is 0.895 bits per heavy atom. The van der Waals surface area contributed by atoms with Crippen LogP contribution in [0.5, 0.6) is 0 Å². The zero-order chi connectivity index (χ0) is 28.3. The van der Waals surface area contributed by atoms with Crippen LogP contribution in [0.1, 0.15) is 49.4 Å². The fourth-order valence-corrected chi connectivity index (χ4v) is 3.14. The second-order valence-corrected chi connectivity index (χ2v) is 8.69. The van der Waals surface area contributed by atoms with E-state index in [0.717, 1.165) is 0 Å². The summed E-state index contributed by atoms with van der Waals surface area (Å²) in [6, 6.07) is 5.70. The second kappa shape index (κ2) is 18.5. The van der Waals surface area contributed by atoms with E-state index in [0.29, 0.717) is 37.1 Å². The van der Waals surface area contributed by atoms with Crippen molar-refractivity contribution in [2.75, 3.05) is 45.3 Å². The fraction of sp³-hybridized carbons (Fsp3) is 0.560. The molecule has 1 aromatic carbocycles. The number of aliphatic carboxylic acids is 1. The van der Waals surface area contributed by atoms with Crippen molar-refractivity contribution in [1.82, 2.24) is 16.0 Å². The Hall–Kier alpha value is -3.71. The van der Waals surface area contributed by atoms with E-state index in [1.165, 1.54) is 0 Å². The molecule has 0 aliphatic heterocycles. The maximum atomic E-state index is 12.1. The molecule has 0 fully saturated rings. The molecule has 0 bridgehead atoms. The summed E-state index contributed by atoms with van der Waals surface area (Å²) in [4.78, 5) is 58.1. The molecular formula is C25H39N5O8. The molecule has 0 aliphatic rings. The van der Waals surface area contributed by atoms with Crippen LogP contribution in [0, 0.1) is 5.92 Å². The van der Waals surface area contributed by atoms with Gasteiger partial charge >= 0.3 is 5.97 Å². The lowest BCUT2D eigenvalue weighted by Crippen LogP contribution is -2.45. The van der Waals surface area contributed by atoms with Crippen molar-refractivity contribution in [1.29, 1.82) is 0 Å². The number of benzene rings is 1. The number of nitrogens with two attached hydrogens (primary N) is 2. The molecule has 0 radical (unpaired) electrons. The number of carboxylic acid groups (broad SMARTS) is 1. The molecule has 2 atom stereocenters. The largest absolute Gasteiger partial charge is 0.481 e. The van der Waals surface area contributed by atoms with E-state index in [2.05, 4.69) is 16.0 Å². The number of nitrogens with one attached hydrogen (secondary N) is 3. The Labute approximate surface area is 222 Å². The summed E-state index contributed by atoms with van der Waals surface area (Å²) >= 11 is 0. The van der Waals surface area contributed by atoms with Crippen LogP contribution in [0.3, 0.4) is 0 Å². The minimum absolute atomic E-state index is 0.124. The zero-order valence-corrected chi connectivity index (χ0v) is 21.7. The third-order valence-electron chi connectivity index (χ3n) is 5.46. The van der Waals surface area contributed by atoms with Gasteiger partial charge in [0.2, 0.25) is 17.7 Å². The average molecular weight is 538 g/mol. The zero-order valence-electron chi connectivity index (χ0n) is 21.7. The van der Waals surface area contributed by atoms with Crippen LogP contribution in [0.2, 0.25) is 0 Å². The second-order valence-electron chi connectivity index (χ2n) is 8.69. The molecule has 0 heterocycles. The number of carbonyl (C=O) groups is 5. The van der Waals surface area contributed by atoms with Gasteiger partial charge in [0.15, 0.2) is 0 Å². The van der Waals surface area contributed by atoms with E-state index >= 15 is 0 Å². The van der Waals surface area contributed by atoms with Gasteiger partial charge in [-0.25, -0.2) is 0 Å². The van der Waals surface area contributed by atoms with Gasteiger partial charge < -0.3 is 42.0 Å². The molecule has 38 heavy (non-hydrogen) atoms.